The van der Waals surface area contributed by atoms with Crippen molar-refractivity contribution < 1.29 is 19.4 Å². The third-order valence-electron chi connectivity index (χ3n) is 5.71. The molecule has 0 radical (unpaired) electrons. The van der Waals surface area contributed by atoms with Crippen LogP contribution in [0.25, 0.3) is 0 Å². The molecule has 3 fully saturated rings. The van der Waals surface area contributed by atoms with Crippen LogP contribution in [-0.4, -0.2) is 74.1 Å². The summed E-state index contributed by atoms with van der Waals surface area (Å²) in [4.78, 5) is 14.8. The summed E-state index contributed by atoms with van der Waals surface area (Å²) in [5, 5.41) is 13.1. The smallest absolute Gasteiger partial charge is 0.237 e. The molecule has 0 aromatic carbocycles. The maximum absolute atomic E-state index is 12.6. The van der Waals surface area contributed by atoms with Gasteiger partial charge < -0.3 is 19.9 Å². The lowest BCUT2D eigenvalue weighted by atomic mass is 9.96. The van der Waals surface area contributed by atoms with Gasteiger partial charge in [-0.05, 0) is 50.4 Å². The van der Waals surface area contributed by atoms with Crippen LogP contribution in [0.5, 0.6) is 0 Å². The van der Waals surface area contributed by atoms with Crippen LogP contribution in [0.3, 0.4) is 0 Å². The van der Waals surface area contributed by atoms with Gasteiger partial charge in [-0.2, -0.15) is 0 Å². The van der Waals surface area contributed by atoms with Crippen molar-refractivity contribution in [1.29, 1.82) is 0 Å². The van der Waals surface area contributed by atoms with Crippen molar-refractivity contribution in [3.8, 4) is 0 Å². The molecule has 138 valence electrons. The van der Waals surface area contributed by atoms with Crippen LogP contribution >= 0.6 is 0 Å². The highest BCUT2D eigenvalue weighted by molar-refractivity contribution is 5.82. The number of carbonyl (C=O) groups is 1. The van der Waals surface area contributed by atoms with Gasteiger partial charge in [-0.1, -0.05) is 0 Å². The minimum atomic E-state index is -0.379. The molecule has 3 heterocycles. The highest BCUT2D eigenvalue weighted by Crippen LogP contribution is 2.24. The van der Waals surface area contributed by atoms with Gasteiger partial charge in [-0.15, -0.1) is 0 Å². The summed E-state index contributed by atoms with van der Waals surface area (Å²) in [6.45, 7) is 5.61. The average Bonchev–Trinajstić information content (AvgIpc) is 2.97. The van der Waals surface area contributed by atoms with E-state index in [4.69, 9.17) is 9.47 Å². The van der Waals surface area contributed by atoms with E-state index < -0.39 is 0 Å². The minimum Gasteiger partial charge on any atom is -0.392 e. The van der Waals surface area contributed by atoms with E-state index in [0.717, 1.165) is 71.6 Å². The van der Waals surface area contributed by atoms with Crippen LogP contribution in [-0.2, 0) is 14.3 Å². The molecule has 0 unspecified atom stereocenters. The Bertz CT molecular complexity index is 394. The van der Waals surface area contributed by atoms with E-state index in [1.807, 2.05) is 0 Å². The van der Waals surface area contributed by atoms with Crippen LogP contribution in [0, 0.1) is 11.8 Å². The molecule has 2 N–H and O–H groups in total. The number of hydrogen-bond donors (Lipinski definition) is 2. The topological polar surface area (TPSA) is 71.0 Å². The summed E-state index contributed by atoms with van der Waals surface area (Å²) >= 11 is 0. The Kier molecular flexibility index (Phi) is 6.89. The number of ether oxygens (including phenoxy) is 2. The van der Waals surface area contributed by atoms with Gasteiger partial charge in [-0.3, -0.25) is 9.69 Å². The van der Waals surface area contributed by atoms with Gasteiger partial charge in [-0.25, -0.2) is 0 Å². The van der Waals surface area contributed by atoms with Crippen molar-refractivity contribution >= 4 is 5.91 Å². The molecule has 3 aliphatic heterocycles. The van der Waals surface area contributed by atoms with Crippen molar-refractivity contribution in [2.24, 2.45) is 11.8 Å². The monoisotopic (exact) mass is 340 g/mol. The second-order valence-corrected chi connectivity index (χ2v) is 7.55. The van der Waals surface area contributed by atoms with E-state index >= 15 is 0 Å². The standard InChI is InChI=1S/C18H32N2O4/c21-16-11-17(20(13-16)12-15-4-9-24-10-5-15)18(22)19-6-1-14-2-7-23-8-3-14/h14-17,21H,1-13H2,(H,19,22)/t16-,17+/m1/s1. The molecule has 0 aromatic rings. The first-order chi connectivity index (χ1) is 11.7. The first kappa shape index (κ1) is 18.1. The van der Waals surface area contributed by atoms with Gasteiger partial charge in [0.25, 0.3) is 0 Å². The van der Waals surface area contributed by atoms with E-state index in [1.54, 1.807) is 0 Å². The Morgan fingerprint density at radius 1 is 1.04 bits per heavy atom. The largest absolute Gasteiger partial charge is 0.392 e. The van der Waals surface area contributed by atoms with Gasteiger partial charge >= 0.3 is 0 Å². The number of nitrogens with zero attached hydrogens (tertiary/aromatic N) is 1. The van der Waals surface area contributed by atoms with Crippen molar-refractivity contribution in [3.63, 3.8) is 0 Å². The lowest BCUT2D eigenvalue weighted by Crippen LogP contribution is -2.46. The molecule has 6 nitrogen and oxygen atoms in total. The molecular formula is C18H32N2O4. The zero-order valence-electron chi connectivity index (χ0n) is 14.6. The van der Waals surface area contributed by atoms with Crippen LogP contribution in [0.15, 0.2) is 0 Å². The SMILES string of the molecule is O=C(NCCC1CCOCC1)[C@@H]1C[C@@H](O)CN1CC1CCOCC1. The van der Waals surface area contributed by atoms with E-state index in [2.05, 4.69) is 10.2 Å². The predicted molar refractivity (Wildman–Crippen MR) is 90.7 cm³/mol. The van der Waals surface area contributed by atoms with Crippen molar-refractivity contribution in [3.05, 3.63) is 0 Å². The minimum absolute atomic E-state index is 0.0886. The maximum Gasteiger partial charge on any atom is 0.237 e. The quantitative estimate of drug-likeness (QED) is 0.748. The first-order valence-electron chi connectivity index (χ1n) is 9.57. The molecule has 1 amide bonds. The van der Waals surface area contributed by atoms with E-state index in [1.165, 1.54) is 0 Å². The first-order valence-corrected chi connectivity index (χ1v) is 9.57. The predicted octanol–water partition coefficient (Wildman–Crippen LogP) is 0.781. The number of hydrogen-bond acceptors (Lipinski definition) is 5. The molecule has 3 saturated heterocycles. The van der Waals surface area contributed by atoms with E-state index in [9.17, 15) is 9.90 Å². The highest BCUT2D eigenvalue weighted by Gasteiger charge is 2.37. The number of β-amino-alcohol motifs (C(OH)–C–C–N with tert-alkyl or cyclic N) is 1. The summed E-state index contributed by atoms with van der Waals surface area (Å²) in [5.74, 6) is 1.35. The molecule has 0 spiro atoms. The zero-order chi connectivity index (χ0) is 16.8. The lowest BCUT2D eigenvalue weighted by Gasteiger charge is -2.30. The van der Waals surface area contributed by atoms with Crippen LogP contribution in [0.1, 0.15) is 38.5 Å². The number of likely N-dealkylation sites (tertiary alicyclic amines) is 1. The summed E-state index contributed by atoms with van der Waals surface area (Å²) in [5.41, 5.74) is 0. The van der Waals surface area contributed by atoms with Crippen molar-refractivity contribution in [1.82, 2.24) is 10.2 Å². The highest BCUT2D eigenvalue weighted by atomic mass is 16.5. The number of carbonyl (C=O) groups excluding carboxylic acids is 1. The number of aliphatic hydroxyl groups is 1. The fourth-order valence-corrected chi connectivity index (χ4v) is 4.17. The van der Waals surface area contributed by atoms with Gasteiger partial charge in [0.05, 0.1) is 12.1 Å². The van der Waals surface area contributed by atoms with E-state index in [-0.39, 0.29) is 18.1 Å². The Balaban J connectivity index is 1.42. The number of rotatable bonds is 6. The Hall–Kier alpha value is -0.690. The molecule has 0 aromatic heterocycles. The van der Waals surface area contributed by atoms with Gasteiger partial charge in [0.2, 0.25) is 5.91 Å². The average molecular weight is 340 g/mol. The summed E-state index contributed by atoms with van der Waals surface area (Å²) in [6.07, 6.45) is 5.55. The second kappa shape index (κ2) is 9.13. The van der Waals surface area contributed by atoms with Crippen molar-refractivity contribution in [2.75, 3.05) is 46.1 Å². The van der Waals surface area contributed by atoms with Crippen LogP contribution in [0.4, 0.5) is 0 Å². The Morgan fingerprint density at radius 3 is 2.33 bits per heavy atom. The molecule has 24 heavy (non-hydrogen) atoms. The number of amides is 1. The molecule has 3 rings (SSSR count). The fraction of sp³-hybridized carbons (Fsp3) is 0.944. The fourth-order valence-electron chi connectivity index (χ4n) is 4.17. The molecule has 2 atom stereocenters. The molecule has 3 aliphatic rings. The van der Waals surface area contributed by atoms with E-state index in [0.29, 0.717) is 24.8 Å². The third-order valence-corrected chi connectivity index (χ3v) is 5.71. The third kappa shape index (κ3) is 5.15. The van der Waals surface area contributed by atoms with Crippen molar-refractivity contribution in [2.45, 2.75) is 50.7 Å². The van der Waals surface area contributed by atoms with Gasteiger partial charge in [0.1, 0.15) is 0 Å². The van der Waals surface area contributed by atoms with Gasteiger partial charge in [0.15, 0.2) is 0 Å². The molecule has 0 saturated carbocycles. The molecule has 0 bridgehead atoms. The maximum atomic E-state index is 12.6. The number of aliphatic hydroxyl groups excluding tert-OH is 1. The Labute approximate surface area is 144 Å². The zero-order valence-corrected chi connectivity index (χ0v) is 14.6. The van der Waals surface area contributed by atoms with Gasteiger partial charge in [0, 0.05) is 46.1 Å². The summed E-state index contributed by atoms with van der Waals surface area (Å²) in [7, 11) is 0. The van der Waals surface area contributed by atoms with Crippen LogP contribution in [0.2, 0.25) is 0 Å². The Morgan fingerprint density at radius 2 is 1.67 bits per heavy atom. The number of nitrogens with one attached hydrogen (secondary N) is 1. The molecule has 0 aliphatic carbocycles. The molecule has 6 heteroatoms. The second-order valence-electron chi connectivity index (χ2n) is 7.55. The summed E-state index contributed by atoms with van der Waals surface area (Å²) < 4.78 is 10.8. The molecular weight excluding hydrogens is 308 g/mol. The normalized spacial score (nSPS) is 30.5. The van der Waals surface area contributed by atoms with Crippen LogP contribution < -0.4 is 5.32 Å². The lowest BCUT2D eigenvalue weighted by molar-refractivity contribution is -0.125. The summed E-state index contributed by atoms with van der Waals surface area (Å²) in [6, 6.07) is -0.169.